The van der Waals surface area contributed by atoms with Gasteiger partial charge in [0.05, 0.1) is 12.2 Å². The van der Waals surface area contributed by atoms with E-state index in [1.54, 1.807) is 19.0 Å². The molecule has 88 valence electrons. The quantitative estimate of drug-likeness (QED) is 0.672. The molecule has 1 rings (SSSR count). The molecule has 0 aromatic heterocycles. The van der Waals surface area contributed by atoms with E-state index in [0.717, 1.165) is 14.9 Å². The predicted octanol–water partition coefficient (Wildman–Crippen LogP) is 1.40. The Labute approximate surface area is 110 Å². The van der Waals surface area contributed by atoms with Crippen molar-refractivity contribution in [2.24, 2.45) is 0 Å². The average Bonchev–Trinajstić information content (AvgIpc) is 2.16. The fourth-order valence-electron chi connectivity index (χ4n) is 1.26. The molecule has 0 saturated heterocycles. The van der Waals surface area contributed by atoms with Crippen molar-refractivity contribution in [1.82, 2.24) is 4.90 Å². The first-order valence-corrected chi connectivity index (χ1v) is 5.96. The molecule has 1 amide bonds. The number of halogens is 1. The normalized spacial score (nSPS) is 10.0. The van der Waals surface area contributed by atoms with E-state index in [9.17, 15) is 4.79 Å². The summed E-state index contributed by atoms with van der Waals surface area (Å²) < 4.78 is 1.05. The van der Waals surface area contributed by atoms with E-state index in [1.807, 2.05) is 30.1 Å². The molecule has 16 heavy (non-hydrogen) atoms. The van der Waals surface area contributed by atoms with Gasteiger partial charge < -0.3 is 15.5 Å². The number of nitrogens with two attached hydrogens (primary N) is 1. The first kappa shape index (κ1) is 13.1. The highest BCUT2D eigenvalue weighted by Gasteiger charge is 2.11. The van der Waals surface area contributed by atoms with E-state index in [4.69, 9.17) is 5.73 Å². The summed E-state index contributed by atoms with van der Waals surface area (Å²) in [6.07, 6.45) is 0. The fraction of sp³-hybridized carbons (Fsp3) is 0.364. The van der Waals surface area contributed by atoms with Crippen molar-refractivity contribution in [3.05, 3.63) is 21.8 Å². The van der Waals surface area contributed by atoms with Gasteiger partial charge in [0.2, 0.25) is 5.91 Å². The molecule has 0 aliphatic heterocycles. The number of hydrogen-bond acceptors (Lipinski definition) is 3. The molecule has 0 aliphatic carbocycles. The Morgan fingerprint density at radius 2 is 2.00 bits per heavy atom. The number of amides is 1. The summed E-state index contributed by atoms with van der Waals surface area (Å²) in [6.45, 7) is 0.368. The first-order valence-electron chi connectivity index (χ1n) is 4.88. The largest absolute Gasteiger partial charge is 0.399 e. The van der Waals surface area contributed by atoms with Gasteiger partial charge in [-0.1, -0.05) is 0 Å². The highest BCUT2D eigenvalue weighted by molar-refractivity contribution is 14.1. The zero-order valence-electron chi connectivity index (χ0n) is 9.70. The zero-order valence-corrected chi connectivity index (χ0v) is 11.9. The number of likely N-dealkylation sites (N-methyl/N-ethyl adjacent to an activating group) is 2. The topological polar surface area (TPSA) is 49.6 Å². The van der Waals surface area contributed by atoms with Crippen LogP contribution in [0.3, 0.4) is 0 Å². The molecule has 0 radical (unpaired) electrons. The maximum Gasteiger partial charge on any atom is 0.241 e. The van der Waals surface area contributed by atoms with E-state index >= 15 is 0 Å². The van der Waals surface area contributed by atoms with Crippen LogP contribution >= 0.6 is 22.6 Å². The summed E-state index contributed by atoms with van der Waals surface area (Å²) in [5.74, 6) is 0.0788. The van der Waals surface area contributed by atoms with E-state index in [1.165, 1.54) is 0 Å². The Hall–Kier alpha value is -0.980. The first-order chi connectivity index (χ1) is 7.41. The van der Waals surface area contributed by atoms with Crippen LogP contribution in [0.5, 0.6) is 0 Å². The Morgan fingerprint density at radius 3 is 2.50 bits per heavy atom. The van der Waals surface area contributed by atoms with Crippen LogP contribution in [0.4, 0.5) is 11.4 Å². The maximum absolute atomic E-state index is 11.6. The second-order valence-corrected chi connectivity index (χ2v) is 5.02. The third-order valence-electron chi connectivity index (χ3n) is 2.25. The van der Waals surface area contributed by atoms with Gasteiger partial charge in [-0.2, -0.15) is 0 Å². The molecule has 0 saturated carbocycles. The minimum atomic E-state index is 0.0788. The molecule has 0 fully saturated rings. The van der Waals surface area contributed by atoms with Crippen molar-refractivity contribution in [2.75, 3.05) is 38.3 Å². The van der Waals surface area contributed by atoms with Crippen LogP contribution in [-0.4, -0.2) is 38.5 Å². The molecule has 0 bridgehead atoms. The zero-order chi connectivity index (χ0) is 12.3. The third-order valence-corrected chi connectivity index (χ3v) is 3.12. The summed E-state index contributed by atoms with van der Waals surface area (Å²) in [4.78, 5) is 15.1. The van der Waals surface area contributed by atoms with Crippen LogP contribution in [0, 0.1) is 3.57 Å². The lowest BCUT2D eigenvalue weighted by atomic mass is 10.2. The number of carbonyl (C=O) groups excluding carboxylic acids is 1. The summed E-state index contributed by atoms with van der Waals surface area (Å²) in [5.41, 5.74) is 7.43. The number of nitrogen functional groups attached to an aromatic ring is 1. The van der Waals surface area contributed by atoms with E-state index < -0.39 is 0 Å². The number of nitrogens with zero attached hydrogens (tertiary/aromatic N) is 2. The number of anilines is 2. The average molecular weight is 333 g/mol. The molecular weight excluding hydrogens is 317 g/mol. The van der Waals surface area contributed by atoms with Gasteiger partial charge in [-0.3, -0.25) is 4.79 Å². The van der Waals surface area contributed by atoms with Gasteiger partial charge >= 0.3 is 0 Å². The van der Waals surface area contributed by atoms with Crippen LogP contribution in [0.15, 0.2) is 18.2 Å². The van der Waals surface area contributed by atoms with Gasteiger partial charge in [-0.05, 0) is 40.8 Å². The Kier molecular flexibility index (Phi) is 4.40. The molecule has 0 atom stereocenters. The third kappa shape index (κ3) is 3.26. The van der Waals surface area contributed by atoms with Crippen LogP contribution in [-0.2, 0) is 4.79 Å². The number of benzene rings is 1. The molecule has 1 aromatic rings. The van der Waals surface area contributed by atoms with Crippen LogP contribution in [0.25, 0.3) is 0 Å². The Morgan fingerprint density at radius 1 is 1.38 bits per heavy atom. The fourth-order valence-corrected chi connectivity index (χ4v) is 2.21. The van der Waals surface area contributed by atoms with Gasteiger partial charge in [0.25, 0.3) is 0 Å². The Balaban J connectivity index is 2.80. The maximum atomic E-state index is 11.6. The smallest absolute Gasteiger partial charge is 0.241 e. The van der Waals surface area contributed by atoms with Crippen molar-refractivity contribution in [2.45, 2.75) is 0 Å². The van der Waals surface area contributed by atoms with Gasteiger partial charge in [0.1, 0.15) is 0 Å². The van der Waals surface area contributed by atoms with Crippen molar-refractivity contribution in [1.29, 1.82) is 0 Å². The lowest BCUT2D eigenvalue weighted by Crippen LogP contribution is -2.34. The summed E-state index contributed by atoms with van der Waals surface area (Å²) in [5, 5.41) is 0. The van der Waals surface area contributed by atoms with Gasteiger partial charge in [-0.25, -0.2) is 0 Å². The monoisotopic (exact) mass is 333 g/mol. The van der Waals surface area contributed by atoms with Crippen molar-refractivity contribution >= 4 is 39.9 Å². The van der Waals surface area contributed by atoms with Crippen LogP contribution in [0.2, 0.25) is 0 Å². The lowest BCUT2D eigenvalue weighted by molar-refractivity contribution is -0.127. The molecule has 2 N–H and O–H groups in total. The summed E-state index contributed by atoms with van der Waals surface area (Å²) in [7, 11) is 5.41. The minimum Gasteiger partial charge on any atom is -0.399 e. The SMILES string of the molecule is CN(C)C(=O)CN(C)c1ccc(N)cc1I. The molecule has 4 nitrogen and oxygen atoms in total. The second kappa shape index (κ2) is 5.38. The van der Waals surface area contributed by atoms with Crippen molar-refractivity contribution < 1.29 is 4.79 Å². The van der Waals surface area contributed by atoms with Crippen LogP contribution < -0.4 is 10.6 Å². The van der Waals surface area contributed by atoms with Crippen molar-refractivity contribution in [3.8, 4) is 0 Å². The number of rotatable bonds is 3. The molecule has 0 unspecified atom stereocenters. The van der Waals surface area contributed by atoms with Gasteiger partial charge in [0, 0.05) is 30.4 Å². The van der Waals surface area contributed by atoms with Gasteiger partial charge in [0.15, 0.2) is 0 Å². The van der Waals surface area contributed by atoms with Crippen molar-refractivity contribution in [3.63, 3.8) is 0 Å². The standard InChI is InChI=1S/C11H16IN3O/c1-14(2)11(16)7-15(3)10-5-4-8(13)6-9(10)12/h4-6H,7,13H2,1-3H3. The minimum absolute atomic E-state index is 0.0788. The second-order valence-electron chi connectivity index (χ2n) is 3.86. The molecule has 0 aliphatic rings. The highest BCUT2D eigenvalue weighted by atomic mass is 127. The predicted molar refractivity (Wildman–Crippen MR) is 75.5 cm³/mol. The summed E-state index contributed by atoms with van der Waals surface area (Å²) >= 11 is 2.22. The highest BCUT2D eigenvalue weighted by Crippen LogP contribution is 2.23. The van der Waals surface area contributed by atoms with E-state index in [0.29, 0.717) is 6.54 Å². The Bertz CT molecular complexity index is 393. The van der Waals surface area contributed by atoms with E-state index in [-0.39, 0.29) is 5.91 Å². The van der Waals surface area contributed by atoms with E-state index in [2.05, 4.69) is 22.6 Å². The molecule has 0 spiro atoms. The molecule has 0 heterocycles. The van der Waals surface area contributed by atoms with Crippen LogP contribution in [0.1, 0.15) is 0 Å². The number of carbonyl (C=O) groups is 1. The molecule has 1 aromatic carbocycles. The lowest BCUT2D eigenvalue weighted by Gasteiger charge is -2.22. The van der Waals surface area contributed by atoms with Gasteiger partial charge in [-0.15, -0.1) is 0 Å². The number of hydrogen-bond donors (Lipinski definition) is 1. The molecular formula is C11H16IN3O. The summed E-state index contributed by atoms with van der Waals surface area (Å²) in [6, 6.07) is 5.67. The molecule has 5 heteroatoms.